The summed E-state index contributed by atoms with van der Waals surface area (Å²) in [6, 6.07) is 3.88. The Hall–Kier alpha value is -1.13. The molecule has 16 heavy (non-hydrogen) atoms. The van der Waals surface area contributed by atoms with Gasteiger partial charge < -0.3 is 15.6 Å². The third-order valence-electron chi connectivity index (χ3n) is 2.04. The van der Waals surface area contributed by atoms with Crippen LogP contribution in [0.2, 0.25) is 0 Å². The number of rotatable bonds is 4. The summed E-state index contributed by atoms with van der Waals surface area (Å²) in [4.78, 5) is 0. The van der Waals surface area contributed by atoms with E-state index in [9.17, 15) is 9.50 Å². The molecule has 1 atom stereocenters. The molecule has 1 rings (SSSR count). The molecule has 0 bridgehead atoms. The maximum absolute atomic E-state index is 13.0. The molecule has 0 aliphatic carbocycles. The molecule has 1 aromatic carbocycles. The van der Waals surface area contributed by atoms with Crippen LogP contribution in [0.1, 0.15) is 32.4 Å². The second-order valence-corrected chi connectivity index (χ2v) is 4.57. The van der Waals surface area contributed by atoms with Crippen LogP contribution in [0.4, 0.5) is 4.39 Å². The van der Waals surface area contributed by atoms with Crippen LogP contribution < -0.4 is 10.5 Å². The molecule has 0 heterocycles. The Bertz CT molecular complexity index is 359. The van der Waals surface area contributed by atoms with E-state index >= 15 is 0 Å². The minimum atomic E-state index is -0.927. The topological polar surface area (TPSA) is 55.5 Å². The van der Waals surface area contributed by atoms with Crippen LogP contribution in [0.5, 0.6) is 5.75 Å². The lowest BCUT2D eigenvalue weighted by molar-refractivity contribution is 0.0280. The molecular weight excluding hydrogens is 209 g/mol. The zero-order chi connectivity index (χ0) is 12.3. The van der Waals surface area contributed by atoms with Crippen molar-refractivity contribution >= 4 is 0 Å². The molecule has 0 aromatic heterocycles. The van der Waals surface area contributed by atoms with Crippen LogP contribution in [0.3, 0.4) is 0 Å². The van der Waals surface area contributed by atoms with Gasteiger partial charge in [-0.2, -0.15) is 0 Å². The minimum Gasteiger partial charge on any atom is -0.490 e. The number of aliphatic hydroxyl groups is 1. The largest absolute Gasteiger partial charge is 0.490 e. The third kappa shape index (κ3) is 3.79. The van der Waals surface area contributed by atoms with Gasteiger partial charge >= 0.3 is 0 Å². The van der Waals surface area contributed by atoms with Gasteiger partial charge in [-0.25, -0.2) is 4.39 Å². The van der Waals surface area contributed by atoms with E-state index in [1.54, 1.807) is 20.8 Å². The molecule has 0 aliphatic heterocycles. The zero-order valence-corrected chi connectivity index (χ0v) is 9.83. The van der Waals surface area contributed by atoms with Crippen molar-refractivity contribution in [1.29, 1.82) is 0 Å². The van der Waals surface area contributed by atoms with Gasteiger partial charge in [0.05, 0.1) is 5.60 Å². The third-order valence-corrected chi connectivity index (χ3v) is 2.04. The van der Waals surface area contributed by atoms with Crippen LogP contribution in [0, 0.1) is 5.82 Å². The second-order valence-electron chi connectivity index (χ2n) is 4.57. The quantitative estimate of drug-likeness (QED) is 0.827. The molecule has 0 radical (unpaired) electrons. The number of ether oxygens (including phenoxy) is 1. The first-order valence-electron chi connectivity index (χ1n) is 5.20. The maximum Gasteiger partial charge on any atom is 0.124 e. The molecule has 0 fully saturated rings. The van der Waals surface area contributed by atoms with Gasteiger partial charge in [-0.05, 0) is 39.0 Å². The van der Waals surface area contributed by atoms with Crippen molar-refractivity contribution in [1.82, 2.24) is 0 Å². The SMILES string of the molecule is C[C@@H](N)c1cc(F)ccc1OCC(C)(C)O. The molecule has 3 nitrogen and oxygen atoms in total. The van der Waals surface area contributed by atoms with E-state index in [0.717, 1.165) is 0 Å². The van der Waals surface area contributed by atoms with Crippen molar-refractivity contribution in [3.63, 3.8) is 0 Å². The Balaban J connectivity index is 2.87. The van der Waals surface area contributed by atoms with E-state index in [1.807, 2.05) is 0 Å². The summed E-state index contributed by atoms with van der Waals surface area (Å²) in [5, 5.41) is 9.53. The Morgan fingerprint density at radius 2 is 2.12 bits per heavy atom. The lowest BCUT2D eigenvalue weighted by Gasteiger charge is -2.20. The van der Waals surface area contributed by atoms with Crippen molar-refractivity contribution in [2.24, 2.45) is 5.73 Å². The van der Waals surface area contributed by atoms with E-state index in [0.29, 0.717) is 11.3 Å². The standard InChI is InChI=1S/C12H18FNO2/c1-8(14)10-6-9(13)4-5-11(10)16-7-12(2,3)15/h4-6,8,15H,7,14H2,1-3H3/t8-/m1/s1. The molecule has 90 valence electrons. The summed E-state index contributed by atoms with van der Waals surface area (Å²) >= 11 is 0. The first-order chi connectivity index (χ1) is 7.29. The van der Waals surface area contributed by atoms with Gasteiger partial charge in [0, 0.05) is 11.6 Å². The van der Waals surface area contributed by atoms with Crippen LogP contribution in [0.15, 0.2) is 18.2 Å². The van der Waals surface area contributed by atoms with Crippen LogP contribution in [0.25, 0.3) is 0 Å². The summed E-state index contributed by atoms with van der Waals surface area (Å²) < 4.78 is 18.4. The molecule has 1 aromatic rings. The van der Waals surface area contributed by atoms with Crippen molar-refractivity contribution in [3.8, 4) is 5.75 Å². The highest BCUT2D eigenvalue weighted by molar-refractivity contribution is 5.36. The maximum atomic E-state index is 13.0. The summed E-state index contributed by atoms with van der Waals surface area (Å²) in [5.74, 6) is 0.168. The van der Waals surface area contributed by atoms with Gasteiger partial charge in [-0.3, -0.25) is 0 Å². The average Bonchev–Trinajstić information content (AvgIpc) is 2.14. The van der Waals surface area contributed by atoms with E-state index in [1.165, 1.54) is 18.2 Å². The Labute approximate surface area is 95.0 Å². The highest BCUT2D eigenvalue weighted by atomic mass is 19.1. The summed E-state index contributed by atoms with van der Waals surface area (Å²) in [6.45, 7) is 5.17. The average molecular weight is 227 g/mol. The van der Waals surface area contributed by atoms with Crippen molar-refractivity contribution in [3.05, 3.63) is 29.6 Å². The fourth-order valence-corrected chi connectivity index (χ4v) is 1.26. The van der Waals surface area contributed by atoms with Crippen molar-refractivity contribution < 1.29 is 14.2 Å². The lowest BCUT2D eigenvalue weighted by Crippen LogP contribution is -2.28. The molecule has 0 unspecified atom stereocenters. The molecule has 4 heteroatoms. The Morgan fingerprint density at radius 1 is 1.50 bits per heavy atom. The summed E-state index contributed by atoms with van der Waals surface area (Å²) in [7, 11) is 0. The van der Waals surface area contributed by atoms with Gasteiger partial charge in [-0.15, -0.1) is 0 Å². The van der Waals surface area contributed by atoms with Crippen molar-refractivity contribution in [2.75, 3.05) is 6.61 Å². The number of nitrogens with two attached hydrogens (primary N) is 1. The fourth-order valence-electron chi connectivity index (χ4n) is 1.26. The molecule has 0 aliphatic rings. The summed E-state index contributed by atoms with van der Waals surface area (Å²) in [5.41, 5.74) is 5.39. The van der Waals surface area contributed by atoms with Crippen LogP contribution in [-0.2, 0) is 0 Å². The Kier molecular flexibility index (Phi) is 3.88. The molecule has 0 amide bonds. The monoisotopic (exact) mass is 227 g/mol. The smallest absolute Gasteiger partial charge is 0.124 e. The predicted molar refractivity (Wildman–Crippen MR) is 60.8 cm³/mol. The molecular formula is C12H18FNO2. The molecule has 0 spiro atoms. The zero-order valence-electron chi connectivity index (χ0n) is 9.83. The minimum absolute atomic E-state index is 0.137. The first kappa shape index (κ1) is 12.9. The number of benzene rings is 1. The van der Waals surface area contributed by atoms with E-state index in [-0.39, 0.29) is 18.5 Å². The lowest BCUT2D eigenvalue weighted by atomic mass is 10.1. The van der Waals surface area contributed by atoms with Crippen molar-refractivity contribution in [2.45, 2.75) is 32.4 Å². The van der Waals surface area contributed by atoms with Crippen LogP contribution in [-0.4, -0.2) is 17.3 Å². The van der Waals surface area contributed by atoms with Gasteiger partial charge in [0.1, 0.15) is 18.2 Å². The van der Waals surface area contributed by atoms with Gasteiger partial charge in [0.25, 0.3) is 0 Å². The molecule has 3 N–H and O–H groups in total. The highest BCUT2D eigenvalue weighted by Gasteiger charge is 2.16. The number of hydrogen-bond donors (Lipinski definition) is 2. The van der Waals surface area contributed by atoms with Gasteiger partial charge in [0.15, 0.2) is 0 Å². The predicted octanol–water partition coefficient (Wildman–Crippen LogP) is 2.00. The highest BCUT2D eigenvalue weighted by Crippen LogP contribution is 2.25. The normalized spacial score (nSPS) is 13.6. The molecule has 0 saturated carbocycles. The van der Waals surface area contributed by atoms with E-state index in [4.69, 9.17) is 10.5 Å². The number of halogens is 1. The van der Waals surface area contributed by atoms with Gasteiger partial charge in [0.2, 0.25) is 0 Å². The van der Waals surface area contributed by atoms with E-state index < -0.39 is 5.60 Å². The van der Waals surface area contributed by atoms with Gasteiger partial charge in [-0.1, -0.05) is 0 Å². The summed E-state index contributed by atoms with van der Waals surface area (Å²) in [6.07, 6.45) is 0. The number of hydrogen-bond acceptors (Lipinski definition) is 3. The van der Waals surface area contributed by atoms with Crippen LogP contribution >= 0.6 is 0 Å². The first-order valence-corrected chi connectivity index (χ1v) is 5.20. The second kappa shape index (κ2) is 4.80. The fraction of sp³-hybridized carbons (Fsp3) is 0.500. The van der Waals surface area contributed by atoms with E-state index in [2.05, 4.69) is 0 Å². The Morgan fingerprint density at radius 3 is 2.62 bits per heavy atom. The molecule has 0 saturated heterocycles.